The molecule has 0 spiro atoms. The van der Waals surface area contributed by atoms with Crippen LogP contribution in [-0.4, -0.2) is 48.2 Å². The number of nitrogens with zero attached hydrogens (tertiary/aromatic N) is 3. The van der Waals surface area contributed by atoms with Crippen molar-refractivity contribution in [3.05, 3.63) is 47.4 Å². The third kappa shape index (κ3) is 3.40. The molecule has 0 saturated carbocycles. The number of rotatable bonds is 5. The van der Waals surface area contributed by atoms with E-state index in [4.69, 9.17) is 9.47 Å². The topological polar surface area (TPSA) is 80.3 Å². The van der Waals surface area contributed by atoms with Crippen LogP contribution in [0.2, 0.25) is 0 Å². The molecule has 1 fully saturated rings. The lowest BCUT2D eigenvalue weighted by atomic mass is 9.96. The highest BCUT2D eigenvalue weighted by Crippen LogP contribution is 2.31. The van der Waals surface area contributed by atoms with Crippen LogP contribution in [0.1, 0.15) is 28.2 Å². The minimum Gasteiger partial charge on any atom is -0.496 e. The van der Waals surface area contributed by atoms with Crippen LogP contribution < -0.4 is 9.64 Å². The van der Waals surface area contributed by atoms with Crippen molar-refractivity contribution in [1.29, 1.82) is 0 Å². The van der Waals surface area contributed by atoms with Crippen LogP contribution in [0.4, 0.5) is 5.82 Å². The van der Waals surface area contributed by atoms with Crippen LogP contribution in [0.15, 0.2) is 30.5 Å². The smallest absolute Gasteiger partial charge is 0.337 e. The van der Waals surface area contributed by atoms with Crippen molar-refractivity contribution in [1.82, 2.24) is 15.0 Å². The van der Waals surface area contributed by atoms with Crippen LogP contribution in [0.3, 0.4) is 0 Å². The lowest BCUT2D eigenvalue weighted by Gasteiger charge is -2.19. The molecule has 1 N–H and O–H groups in total. The molecule has 1 aliphatic heterocycles. The van der Waals surface area contributed by atoms with Gasteiger partial charge in [0.1, 0.15) is 17.1 Å². The minimum absolute atomic E-state index is 0.331. The number of benzene rings is 1. The minimum atomic E-state index is -0.331. The molecular weight excluding hydrogens is 356 g/mol. The van der Waals surface area contributed by atoms with Gasteiger partial charge in [-0.2, -0.15) is 0 Å². The molecule has 28 heavy (non-hydrogen) atoms. The Morgan fingerprint density at radius 1 is 1.29 bits per heavy atom. The fourth-order valence-electron chi connectivity index (χ4n) is 3.96. The maximum atomic E-state index is 11.9. The van der Waals surface area contributed by atoms with E-state index >= 15 is 0 Å². The van der Waals surface area contributed by atoms with Gasteiger partial charge in [0.2, 0.25) is 0 Å². The first-order valence-electron chi connectivity index (χ1n) is 9.41. The first-order chi connectivity index (χ1) is 13.6. The van der Waals surface area contributed by atoms with E-state index in [0.29, 0.717) is 11.5 Å². The molecule has 1 saturated heterocycles. The summed E-state index contributed by atoms with van der Waals surface area (Å²) in [4.78, 5) is 26.6. The number of hydrogen-bond donors (Lipinski definition) is 1. The van der Waals surface area contributed by atoms with Gasteiger partial charge in [-0.25, -0.2) is 14.8 Å². The molecule has 1 unspecified atom stereocenters. The summed E-state index contributed by atoms with van der Waals surface area (Å²) in [6.45, 7) is 3.76. The first-order valence-corrected chi connectivity index (χ1v) is 9.41. The van der Waals surface area contributed by atoms with Crippen molar-refractivity contribution >= 4 is 22.8 Å². The monoisotopic (exact) mass is 380 g/mol. The van der Waals surface area contributed by atoms with Crippen molar-refractivity contribution in [3.63, 3.8) is 0 Å². The number of aryl methyl sites for hydroxylation is 1. The molecule has 0 aliphatic carbocycles. The van der Waals surface area contributed by atoms with E-state index in [0.717, 1.165) is 59.9 Å². The van der Waals surface area contributed by atoms with E-state index in [2.05, 4.69) is 19.9 Å². The van der Waals surface area contributed by atoms with Crippen LogP contribution >= 0.6 is 0 Å². The van der Waals surface area contributed by atoms with Gasteiger partial charge in [0, 0.05) is 19.3 Å². The number of esters is 1. The number of ether oxygens (including phenoxy) is 2. The maximum Gasteiger partial charge on any atom is 0.337 e. The van der Waals surface area contributed by atoms with E-state index in [1.54, 1.807) is 13.2 Å². The van der Waals surface area contributed by atoms with E-state index < -0.39 is 0 Å². The lowest BCUT2D eigenvalue weighted by Crippen LogP contribution is -2.22. The van der Waals surface area contributed by atoms with Crippen molar-refractivity contribution in [2.24, 2.45) is 5.92 Å². The molecule has 4 rings (SSSR count). The highest BCUT2D eigenvalue weighted by atomic mass is 16.5. The molecule has 7 nitrogen and oxygen atoms in total. The standard InChI is InChI=1S/C21H24N4O3/c1-13-23-17-6-8-22-19(17)20(24-13)25-9-7-14(12-25)10-16-11-15(21(26)28-3)4-5-18(16)27-2/h4-6,8,11,14,22H,7,9-10,12H2,1-3H3. The van der Waals surface area contributed by atoms with Crippen LogP contribution in [-0.2, 0) is 11.2 Å². The first kappa shape index (κ1) is 18.3. The highest BCUT2D eigenvalue weighted by molar-refractivity contribution is 5.89. The highest BCUT2D eigenvalue weighted by Gasteiger charge is 2.27. The number of nitrogens with one attached hydrogen (secondary N) is 1. The number of H-pyrrole nitrogens is 1. The molecular formula is C21H24N4O3. The van der Waals surface area contributed by atoms with Gasteiger partial charge in [-0.3, -0.25) is 0 Å². The van der Waals surface area contributed by atoms with Crippen LogP contribution in [0.5, 0.6) is 5.75 Å². The summed E-state index contributed by atoms with van der Waals surface area (Å²) >= 11 is 0. The molecule has 0 bridgehead atoms. The van der Waals surface area contributed by atoms with Gasteiger partial charge in [-0.15, -0.1) is 0 Å². The number of fused-ring (bicyclic) bond motifs is 1. The molecule has 1 aromatic carbocycles. The largest absolute Gasteiger partial charge is 0.496 e. The lowest BCUT2D eigenvalue weighted by molar-refractivity contribution is 0.0600. The van der Waals surface area contributed by atoms with Crippen molar-refractivity contribution < 1.29 is 14.3 Å². The molecule has 1 aliphatic rings. The second kappa shape index (κ2) is 7.50. The zero-order valence-corrected chi connectivity index (χ0v) is 16.4. The summed E-state index contributed by atoms with van der Waals surface area (Å²) in [5.74, 6) is 2.66. The Labute approximate surface area is 163 Å². The van der Waals surface area contributed by atoms with E-state index in [-0.39, 0.29) is 5.97 Å². The number of carbonyl (C=O) groups excluding carboxylic acids is 1. The summed E-state index contributed by atoms with van der Waals surface area (Å²) in [5.41, 5.74) is 3.50. The molecule has 2 aromatic heterocycles. The quantitative estimate of drug-likeness (QED) is 0.685. The van der Waals surface area contributed by atoms with Crippen molar-refractivity contribution in [2.75, 3.05) is 32.2 Å². The Kier molecular flexibility index (Phi) is 4.90. The molecule has 0 radical (unpaired) electrons. The summed E-state index contributed by atoms with van der Waals surface area (Å²) in [5, 5.41) is 0. The van der Waals surface area contributed by atoms with Gasteiger partial charge in [0.05, 0.1) is 25.3 Å². The average molecular weight is 380 g/mol. The third-order valence-corrected chi connectivity index (χ3v) is 5.29. The Morgan fingerprint density at radius 2 is 2.14 bits per heavy atom. The second-order valence-electron chi connectivity index (χ2n) is 7.16. The van der Waals surface area contributed by atoms with Gasteiger partial charge >= 0.3 is 5.97 Å². The predicted molar refractivity (Wildman–Crippen MR) is 107 cm³/mol. The van der Waals surface area contributed by atoms with Gasteiger partial charge in [-0.1, -0.05) is 0 Å². The number of anilines is 1. The van der Waals surface area contributed by atoms with E-state index in [1.807, 2.05) is 31.3 Å². The summed E-state index contributed by atoms with van der Waals surface area (Å²) in [6, 6.07) is 7.43. The normalized spacial score (nSPS) is 16.5. The van der Waals surface area contributed by atoms with Crippen LogP contribution in [0.25, 0.3) is 11.0 Å². The summed E-state index contributed by atoms with van der Waals surface area (Å²) < 4.78 is 10.4. The number of hydrogen-bond acceptors (Lipinski definition) is 6. The number of carbonyl (C=O) groups is 1. The zero-order valence-electron chi connectivity index (χ0n) is 16.4. The van der Waals surface area contributed by atoms with Crippen molar-refractivity contribution in [3.8, 4) is 5.75 Å². The van der Waals surface area contributed by atoms with Gasteiger partial charge in [0.15, 0.2) is 5.82 Å². The molecule has 3 aromatic rings. The zero-order chi connectivity index (χ0) is 19.7. The Bertz CT molecular complexity index is 1010. The number of aromatic amines is 1. The van der Waals surface area contributed by atoms with Gasteiger partial charge in [0.25, 0.3) is 0 Å². The molecule has 0 amide bonds. The van der Waals surface area contributed by atoms with E-state index in [9.17, 15) is 4.79 Å². The number of aromatic nitrogens is 3. The van der Waals surface area contributed by atoms with Gasteiger partial charge in [-0.05, 0) is 55.5 Å². The number of methoxy groups -OCH3 is 2. The van der Waals surface area contributed by atoms with Crippen molar-refractivity contribution in [2.45, 2.75) is 19.8 Å². The predicted octanol–water partition coefficient (Wildman–Crippen LogP) is 3.13. The maximum absolute atomic E-state index is 11.9. The van der Waals surface area contributed by atoms with E-state index in [1.165, 1.54) is 7.11 Å². The molecule has 3 heterocycles. The Hall–Kier alpha value is -3.09. The summed E-state index contributed by atoms with van der Waals surface area (Å²) in [6.07, 6.45) is 3.79. The fourth-order valence-corrected chi connectivity index (χ4v) is 3.96. The Morgan fingerprint density at radius 3 is 2.93 bits per heavy atom. The molecule has 146 valence electrons. The SMILES string of the molecule is COC(=O)c1ccc(OC)c(CC2CCN(c3nc(C)nc4cc[nH]c34)C2)c1. The molecule has 1 atom stereocenters. The molecule has 7 heteroatoms. The van der Waals surface area contributed by atoms with Crippen LogP contribution in [0, 0.1) is 12.8 Å². The third-order valence-electron chi connectivity index (χ3n) is 5.29. The van der Waals surface area contributed by atoms with Gasteiger partial charge < -0.3 is 19.4 Å². The average Bonchev–Trinajstić information content (AvgIpc) is 3.36. The summed E-state index contributed by atoms with van der Waals surface area (Å²) in [7, 11) is 3.05. The second-order valence-corrected chi connectivity index (χ2v) is 7.16. The Balaban J connectivity index is 1.55. The fraction of sp³-hybridized carbons (Fsp3) is 0.381.